The molecule has 1 aromatic carbocycles. The number of benzene rings is 1. The fourth-order valence-electron chi connectivity index (χ4n) is 2.11. The summed E-state index contributed by atoms with van der Waals surface area (Å²) in [6, 6.07) is 7.86. The minimum atomic E-state index is -0.718. The van der Waals surface area contributed by atoms with Crippen LogP contribution in [-0.4, -0.2) is 34.6 Å². The quantitative estimate of drug-likeness (QED) is 0.735. The number of H-pyrrole nitrogens is 1. The second kappa shape index (κ2) is 6.94. The highest BCUT2D eigenvalue weighted by atomic mass is 16.5. The van der Waals surface area contributed by atoms with E-state index in [1.165, 1.54) is 0 Å². The van der Waals surface area contributed by atoms with Gasteiger partial charge in [0.2, 0.25) is 0 Å². The Morgan fingerprint density at radius 1 is 1.32 bits per heavy atom. The highest BCUT2D eigenvalue weighted by molar-refractivity contribution is 5.63. The fourth-order valence-corrected chi connectivity index (χ4v) is 2.11. The molecule has 0 aliphatic carbocycles. The Morgan fingerprint density at radius 3 is 2.59 bits per heavy atom. The lowest BCUT2D eigenvalue weighted by Gasteiger charge is -2.27. The largest absolute Gasteiger partial charge is 0.497 e. The molecule has 0 amide bonds. The lowest BCUT2D eigenvalue weighted by molar-refractivity contribution is 0.0140. The van der Waals surface area contributed by atoms with Crippen molar-refractivity contribution in [2.75, 3.05) is 13.7 Å². The predicted octanol–water partition coefficient (Wildman–Crippen LogP) is 2.58. The number of aliphatic hydroxyl groups is 1. The van der Waals surface area contributed by atoms with Gasteiger partial charge in [0.05, 0.1) is 24.6 Å². The molecule has 0 radical (unpaired) electrons. The first-order valence-corrected chi connectivity index (χ1v) is 7.54. The summed E-state index contributed by atoms with van der Waals surface area (Å²) < 4.78 is 5.18. The highest BCUT2D eigenvalue weighted by Gasteiger charge is 2.24. The van der Waals surface area contributed by atoms with Gasteiger partial charge in [-0.15, -0.1) is 0 Å². The van der Waals surface area contributed by atoms with Crippen LogP contribution in [-0.2, 0) is 6.54 Å². The third kappa shape index (κ3) is 3.87. The molecular weight excluding hydrogens is 278 g/mol. The first kappa shape index (κ1) is 16.5. The molecule has 2 aromatic rings. The second-order valence-corrected chi connectivity index (χ2v) is 6.11. The van der Waals surface area contributed by atoms with Crippen LogP contribution in [0, 0.1) is 5.92 Å². The molecule has 1 atom stereocenters. The van der Waals surface area contributed by atoms with Crippen molar-refractivity contribution in [3.05, 3.63) is 36.0 Å². The molecule has 5 heteroatoms. The number of ether oxygens (including phenoxy) is 1. The van der Waals surface area contributed by atoms with Crippen LogP contribution >= 0.6 is 0 Å². The van der Waals surface area contributed by atoms with Crippen molar-refractivity contribution in [2.24, 2.45) is 5.92 Å². The topological polar surface area (TPSA) is 70.2 Å². The summed E-state index contributed by atoms with van der Waals surface area (Å²) in [4.78, 5) is 0. The van der Waals surface area contributed by atoms with Crippen molar-refractivity contribution >= 4 is 0 Å². The summed E-state index contributed by atoms with van der Waals surface area (Å²) in [6.07, 6.45) is 1.82. The molecule has 5 nitrogen and oxygen atoms in total. The summed E-state index contributed by atoms with van der Waals surface area (Å²) in [5.74, 6) is 1.03. The molecule has 120 valence electrons. The van der Waals surface area contributed by atoms with Gasteiger partial charge >= 0.3 is 0 Å². The maximum absolute atomic E-state index is 10.3. The van der Waals surface area contributed by atoms with Gasteiger partial charge in [-0.1, -0.05) is 13.8 Å². The van der Waals surface area contributed by atoms with Crippen LogP contribution in [0.15, 0.2) is 30.5 Å². The minimum Gasteiger partial charge on any atom is -0.497 e. The number of nitrogens with zero attached hydrogens (tertiary/aromatic N) is 1. The van der Waals surface area contributed by atoms with Crippen LogP contribution in [0.4, 0.5) is 0 Å². The van der Waals surface area contributed by atoms with Gasteiger partial charge < -0.3 is 15.2 Å². The van der Waals surface area contributed by atoms with E-state index >= 15 is 0 Å². The van der Waals surface area contributed by atoms with Gasteiger partial charge in [0, 0.05) is 24.2 Å². The molecule has 3 N–H and O–H groups in total. The fraction of sp³-hybridized carbons (Fsp3) is 0.471. The average molecular weight is 303 g/mol. The van der Waals surface area contributed by atoms with Gasteiger partial charge in [-0.3, -0.25) is 5.10 Å². The average Bonchev–Trinajstić information content (AvgIpc) is 2.95. The van der Waals surface area contributed by atoms with E-state index in [1.807, 2.05) is 51.2 Å². The molecule has 0 aliphatic heterocycles. The van der Waals surface area contributed by atoms with Crippen LogP contribution in [0.3, 0.4) is 0 Å². The Hall–Kier alpha value is -1.85. The predicted molar refractivity (Wildman–Crippen MR) is 87.7 cm³/mol. The maximum Gasteiger partial charge on any atom is 0.118 e. The summed E-state index contributed by atoms with van der Waals surface area (Å²) >= 11 is 0. The van der Waals surface area contributed by atoms with E-state index in [4.69, 9.17) is 4.74 Å². The molecule has 22 heavy (non-hydrogen) atoms. The van der Waals surface area contributed by atoms with E-state index in [2.05, 4.69) is 15.5 Å². The minimum absolute atomic E-state index is 0.199. The van der Waals surface area contributed by atoms with E-state index < -0.39 is 5.60 Å². The Balaban J connectivity index is 2.03. The van der Waals surface area contributed by atoms with Crippen molar-refractivity contribution in [2.45, 2.75) is 32.9 Å². The first-order valence-electron chi connectivity index (χ1n) is 7.54. The lowest BCUT2D eigenvalue weighted by atomic mass is 9.92. The zero-order valence-electron chi connectivity index (χ0n) is 13.7. The molecule has 0 fully saturated rings. The molecule has 0 saturated heterocycles. The van der Waals surface area contributed by atoms with Crippen molar-refractivity contribution in [3.8, 4) is 17.0 Å². The van der Waals surface area contributed by atoms with Gasteiger partial charge in [-0.05, 0) is 37.1 Å². The van der Waals surface area contributed by atoms with Crippen molar-refractivity contribution in [3.63, 3.8) is 0 Å². The first-order chi connectivity index (χ1) is 10.4. The molecular formula is C17H25N3O2. The summed E-state index contributed by atoms with van der Waals surface area (Å²) in [5, 5.41) is 20.7. The van der Waals surface area contributed by atoms with Crippen LogP contribution in [0.2, 0.25) is 0 Å². The van der Waals surface area contributed by atoms with Crippen LogP contribution in [0.1, 0.15) is 26.3 Å². The van der Waals surface area contributed by atoms with Crippen LogP contribution in [0.25, 0.3) is 11.3 Å². The third-order valence-electron chi connectivity index (χ3n) is 4.14. The highest BCUT2D eigenvalue weighted by Crippen LogP contribution is 2.23. The van der Waals surface area contributed by atoms with E-state index in [0.29, 0.717) is 13.1 Å². The number of aromatic amines is 1. The zero-order chi connectivity index (χ0) is 16.2. The lowest BCUT2D eigenvalue weighted by Crippen LogP contribution is -2.41. The molecule has 1 unspecified atom stereocenters. The zero-order valence-corrected chi connectivity index (χ0v) is 13.7. The monoisotopic (exact) mass is 303 g/mol. The molecule has 0 saturated carbocycles. The SMILES string of the molecule is COc1ccc(-c2[nH]ncc2CNCC(C)(O)C(C)C)cc1. The van der Waals surface area contributed by atoms with Gasteiger partial charge in [0.15, 0.2) is 0 Å². The van der Waals surface area contributed by atoms with E-state index in [-0.39, 0.29) is 5.92 Å². The summed E-state index contributed by atoms with van der Waals surface area (Å²) in [5.41, 5.74) is 2.40. The van der Waals surface area contributed by atoms with Gasteiger partial charge in [0.25, 0.3) is 0 Å². The maximum atomic E-state index is 10.3. The molecule has 1 aromatic heterocycles. The number of methoxy groups -OCH3 is 1. The molecule has 2 rings (SSSR count). The van der Waals surface area contributed by atoms with Gasteiger partial charge in [-0.2, -0.15) is 5.10 Å². The standard InChI is InChI=1S/C17H25N3O2/c1-12(2)17(3,21)11-18-9-14-10-19-20-16(14)13-5-7-15(22-4)8-6-13/h5-8,10,12,18,21H,9,11H2,1-4H3,(H,19,20). The Labute approximate surface area is 131 Å². The number of aromatic nitrogens is 2. The van der Waals surface area contributed by atoms with Crippen LogP contribution < -0.4 is 10.1 Å². The van der Waals surface area contributed by atoms with Crippen LogP contribution in [0.5, 0.6) is 5.75 Å². The Kier molecular flexibility index (Phi) is 5.21. The normalized spacial score (nSPS) is 14.1. The van der Waals surface area contributed by atoms with Crippen molar-refractivity contribution in [1.29, 1.82) is 0 Å². The number of hydrogen-bond donors (Lipinski definition) is 3. The summed E-state index contributed by atoms with van der Waals surface area (Å²) in [6.45, 7) is 7.08. The number of nitrogens with one attached hydrogen (secondary N) is 2. The van der Waals surface area contributed by atoms with Gasteiger partial charge in [-0.25, -0.2) is 0 Å². The smallest absolute Gasteiger partial charge is 0.118 e. The van der Waals surface area contributed by atoms with E-state index in [1.54, 1.807) is 7.11 Å². The molecule has 1 heterocycles. The molecule has 0 bridgehead atoms. The van der Waals surface area contributed by atoms with E-state index in [0.717, 1.165) is 22.6 Å². The Morgan fingerprint density at radius 2 is 2.00 bits per heavy atom. The van der Waals surface area contributed by atoms with Gasteiger partial charge in [0.1, 0.15) is 5.75 Å². The summed E-state index contributed by atoms with van der Waals surface area (Å²) in [7, 11) is 1.65. The third-order valence-corrected chi connectivity index (χ3v) is 4.14. The Bertz CT molecular complexity index is 588. The second-order valence-electron chi connectivity index (χ2n) is 6.11. The number of hydrogen-bond acceptors (Lipinski definition) is 4. The van der Waals surface area contributed by atoms with E-state index in [9.17, 15) is 5.11 Å². The molecule has 0 aliphatic rings. The van der Waals surface area contributed by atoms with Crippen molar-refractivity contribution < 1.29 is 9.84 Å². The van der Waals surface area contributed by atoms with Crippen molar-refractivity contribution in [1.82, 2.24) is 15.5 Å². The number of rotatable bonds is 7. The molecule has 0 spiro atoms.